The van der Waals surface area contributed by atoms with Gasteiger partial charge in [0.2, 0.25) is 0 Å². The third kappa shape index (κ3) is 1.97. The van der Waals surface area contributed by atoms with Gasteiger partial charge in [-0.1, -0.05) is 12.1 Å². The van der Waals surface area contributed by atoms with Crippen molar-refractivity contribution in [2.24, 2.45) is 0 Å². The second-order valence-electron chi connectivity index (χ2n) is 4.62. The molecule has 20 heavy (non-hydrogen) atoms. The van der Waals surface area contributed by atoms with Crippen LogP contribution in [0.4, 0.5) is 0 Å². The fraction of sp³-hybridized carbons (Fsp3) is 0.133. The van der Waals surface area contributed by atoms with Gasteiger partial charge in [0.15, 0.2) is 5.65 Å². The fourth-order valence-electron chi connectivity index (χ4n) is 2.21. The van der Waals surface area contributed by atoms with Gasteiger partial charge >= 0.3 is 0 Å². The van der Waals surface area contributed by atoms with Crippen molar-refractivity contribution in [3.05, 3.63) is 69.3 Å². The van der Waals surface area contributed by atoms with Crippen LogP contribution in [-0.2, 0) is 6.42 Å². The first-order valence-corrected chi connectivity index (χ1v) is 6.23. The minimum atomic E-state index is -0.0816. The molecule has 0 amide bonds. The van der Waals surface area contributed by atoms with Crippen LogP contribution in [0.25, 0.3) is 5.65 Å². The molecular weight excluding hydrogens is 252 g/mol. The van der Waals surface area contributed by atoms with E-state index in [-0.39, 0.29) is 5.56 Å². The van der Waals surface area contributed by atoms with Crippen molar-refractivity contribution in [1.29, 1.82) is 5.26 Å². The summed E-state index contributed by atoms with van der Waals surface area (Å²) in [6.45, 7) is 1.84. The molecule has 0 saturated heterocycles. The van der Waals surface area contributed by atoms with Crippen LogP contribution in [0.3, 0.4) is 0 Å². The molecule has 0 spiro atoms. The molecule has 5 nitrogen and oxygen atoms in total. The van der Waals surface area contributed by atoms with E-state index in [0.717, 1.165) is 11.3 Å². The molecule has 0 aliphatic rings. The van der Waals surface area contributed by atoms with Gasteiger partial charge < -0.3 is 0 Å². The highest BCUT2D eigenvalue weighted by atomic mass is 16.1. The average molecular weight is 264 g/mol. The van der Waals surface area contributed by atoms with Gasteiger partial charge in [0.05, 0.1) is 11.6 Å². The molecule has 5 heteroatoms. The molecule has 0 fully saturated rings. The summed E-state index contributed by atoms with van der Waals surface area (Å²) in [6.07, 6.45) is 2.19. The Hall–Kier alpha value is -2.87. The van der Waals surface area contributed by atoms with Crippen molar-refractivity contribution in [2.75, 3.05) is 0 Å². The second kappa shape index (κ2) is 4.67. The van der Waals surface area contributed by atoms with Gasteiger partial charge in [0.25, 0.3) is 5.56 Å². The largest absolute Gasteiger partial charge is 0.297 e. The third-order valence-corrected chi connectivity index (χ3v) is 3.31. The molecule has 0 saturated carbocycles. The van der Waals surface area contributed by atoms with Crippen LogP contribution in [0.1, 0.15) is 22.4 Å². The Morgan fingerprint density at radius 3 is 2.75 bits per heavy atom. The zero-order chi connectivity index (χ0) is 14.1. The highest BCUT2D eigenvalue weighted by Gasteiger charge is 2.10. The van der Waals surface area contributed by atoms with Gasteiger partial charge in [-0.3, -0.25) is 9.89 Å². The molecule has 2 heterocycles. The van der Waals surface area contributed by atoms with Crippen LogP contribution in [0.2, 0.25) is 0 Å². The van der Waals surface area contributed by atoms with Crippen LogP contribution >= 0.6 is 0 Å². The van der Waals surface area contributed by atoms with E-state index in [1.807, 2.05) is 19.1 Å². The summed E-state index contributed by atoms with van der Waals surface area (Å²) in [5.74, 6) is 0. The molecule has 0 atom stereocenters. The van der Waals surface area contributed by atoms with Crippen LogP contribution in [0, 0.1) is 18.3 Å². The maximum absolute atomic E-state index is 12.4. The number of benzene rings is 1. The summed E-state index contributed by atoms with van der Waals surface area (Å²) in [6, 6.07) is 11.1. The van der Waals surface area contributed by atoms with Crippen LogP contribution in [-0.4, -0.2) is 14.6 Å². The van der Waals surface area contributed by atoms with E-state index in [1.54, 1.807) is 24.4 Å². The number of H-pyrrole nitrogens is 1. The Balaban J connectivity index is 2.05. The maximum Gasteiger partial charge on any atom is 0.276 e. The van der Waals surface area contributed by atoms with Gasteiger partial charge in [-0.05, 0) is 24.6 Å². The van der Waals surface area contributed by atoms with Crippen LogP contribution < -0.4 is 5.56 Å². The van der Waals surface area contributed by atoms with Crippen molar-refractivity contribution in [2.45, 2.75) is 13.3 Å². The Labute approximate surface area is 115 Å². The zero-order valence-electron chi connectivity index (χ0n) is 10.9. The van der Waals surface area contributed by atoms with Crippen LogP contribution in [0.15, 0.2) is 41.3 Å². The number of nitrogens with one attached hydrogen (secondary N) is 1. The normalized spacial score (nSPS) is 10.6. The van der Waals surface area contributed by atoms with Gasteiger partial charge in [-0.15, -0.1) is 0 Å². The SMILES string of the molecule is Cc1nc2cc[nH]n2c(=O)c1Cc1ccc(C#N)cc1. The lowest BCUT2D eigenvalue weighted by atomic mass is 10.0. The van der Waals surface area contributed by atoms with E-state index >= 15 is 0 Å². The average Bonchev–Trinajstić information content (AvgIpc) is 2.92. The van der Waals surface area contributed by atoms with E-state index in [2.05, 4.69) is 16.2 Å². The fourth-order valence-corrected chi connectivity index (χ4v) is 2.21. The first-order chi connectivity index (χ1) is 9.69. The number of aromatic amines is 1. The minimum absolute atomic E-state index is 0.0816. The van der Waals surface area contributed by atoms with Gasteiger partial charge in [-0.25, -0.2) is 9.50 Å². The summed E-state index contributed by atoms with van der Waals surface area (Å²) in [5.41, 5.74) is 3.53. The molecule has 0 unspecified atom stereocenters. The standard InChI is InChI=1S/C15H12N4O/c1-10-13(8-11-2-4-12(9-16)5-3-11)15(20)19-14(18-10)6-7-17-19/h2-7,17H,8H2,1H3. The Morgan fingerprint density at radius 2 is 2.05 bits per heavy atom. The molecule has 3 rings (SSSR count). The summed E-state index contributed by atoms with van der Waals surface area (Å²) >= 11 is 0. The van der Waals surface area contributed by atoms with E-state index < -0.39 is 0 Å². The highest BCUT2D eigenvalue weighted by Crippen LogP contribution is 2.11. The number of nitrogens with zero attached hydrogens (tertiary/aromatic N) is 3. The molecular formula is C15H12N4O. The lowest BCUT2D eigenvalue weighted by molar-refractivity contribution is 0.859. The van der Waals surface area contributed by atoms with Gasteiger partial charge in [0.1, 0.15) is 0 Å². The number of aryl methyl sites for hydroxylation is 1. The molecule has 0 bridgehead atoms. The molecule has 1 aromatic carbocycles. The molecule has 0 aliphatic carbocycles. The predicted molar refractivity (Wildman–Crippen MR) is 74.5 cm³/mol. The number of aromatic nitrogens is 3. The quantitative estimate of drug-likeness (QED) is 0.766. The third-order valence-electron chi connectivity index (χ3n) is 3.31. The van der Waals surface area contributed by atoms with Crippen molar-refractivity contribution >= 4 is 5.65 Å². The number of rotatable bonds is 2. The topological polar surface area (TPSA) is 74.0 Å². The van der Waals surface area contributed by atoms with Crippen molar-refractivity contribution < 1.29 is 0 Å². The monoisotopic (exact) mass is 264 g/mol. The number of fused-ring (bicyclic) bond motifs is 1. The van der Waals surface area contributed by atoms with Crippen LogP contribution in [0.5, 0.6) is 0 Å². The van der Waals surface area contributed by atoms with E-state index in [4.69, 9.17) is 5.26 Å². The Morgan fingerprint density at radius 1 is 1.30 bits per heavy atom. The molecule has 98 valence electrons. The van der Waals surface area contributed by atoms with E-state index in [1.165, 1.54) is 4.52 Å². The van der Waals surface area contributed by atoms with Gasteiger partial charge in [-0.2, -0.15) is 5.26 Å². The minimum Gasteiger partial charge on any atom is -0.297 e. The van der Waals surface area contributed by atoms with Crippen molar-refractivity contribution in [3.63, 3.8) is 0 Å². The summed E-state index contributed by atoms with van der Waals surface area (Å²) in [5, 5.41) is 11.6. The molecule has 0 radical (unpaired) electrons. The number of nitriles is 1. The maximum atomic E-state index is 12.4. The molecule has 3 aromatic rings. The summed E-state index contributed by atoms with van der Waals surface area (Å²) in [7, 11) is 0. The second-order valence-corrected chi connectivity index (χ2v) is 4.62. The van der Waals surface area contributed by atoms with E-state index in [0.29, 0.717) is 23.2 Å². The van der Waals surface area contributed by atoms with Crippen molar-refractivity contribution in [1.82, 2.24) is 14.6 Å². The highest BCUT2D eigenvalue weighted by molar-refractivity contribution is 5.40. The molecule has 0 aliphatic heterocycles. The summed E-state index contributed by atoms with van der Waals surface area (Å²) < 4.78 is 1.44. The van der Waals surface area contributed by atoms with Crippen molar-refractivity contribution in [3.8, 4) is 6.07 Å². The lowest BCUT2D eigenvalue weighted by Gasteiger charge is -2.05. The number of hydrogen-bond acceptors (Lipinski definition) is 3. The Bertz CT molecular complexity index is 866. The zero-order valence-corrected chi connectivity index (χ0v) is 10.9. The number of hydrogen-bond donors (Lipinski definition) is 1. The molecule has 2 aromatic heterocycles. The van der Waals surface area contributed by atoms with Gasteiger partial charge in [0, 0.05) is 29.9 Å². The predicted octanol–water partition coefficient (Wildman–Crippen LogP) is 1.79. The summed E-state index contributed by atoms with van der Waals surface area (Å²) in [4.78, 5) is 16.8. The molecule has 1 N–H and O–H groups in total. The Kier molecular flexibility index (Phi) is 2.84. The first-order valence-electron chi connectivity index (χ1n) is 6.23. The smallest absolute Gasteiger partial charge is 0.276 e. The first kappa shape index (κ1) is 12.2. The van der Waals surface area contributed by atoms with E-state index in [9.17, 15) is 4.79 Å². The lowest BCUT2D eigenvalue weighted by Crippen LogP contribution is -2.21.